The Hall–Kier alpha value is -1.06. The molecule has 3 heteroatoms. The van der Waals surface area contributed by atoms with Crippen LogP contribution in [-0.4, -0.2) is 38.2 Å². The monoisotopic (exact) mass is 278 g/mol. The Kier molecular flexibility index (Phi) is 6.03. The molecule has 0 amide bonds. The summed E-state index contributed by atoms with van der Waals surface area (Å²) in [5.41, 5.74) is 2.71. The summed E-state index contributed by atoms with van der Waals surface area (Å²) in [6.45, 7) is 9.86. The molecule has 1 aromatic rings. The number of methoxy groups -OCH3 is 1. The molecule has 1 N–H and O–H groups in total. The van der Waals surface area contributed by atoms with Crippen molar-refractivity contribution in [3.05, 3.63) is 29.3 Å². The lowest BCUT2D eigenvalue weighted by atomic mass is 9.82. The van der Waals surface area contributed by atoms with Gasteiger partial charge in [-0.3, -0.25) is 0 Å². The lowest BCUT2D eigenvalue weighted by Crippen LogP contribution is -2.51. The van der Waals surface area contributed by atoms with Crippen molar-refractivity contribution < 1.29 is 4.74 Å². The Morgan fingerprint density at radius 1 is 1.30 bits per heavy atom. The van der Waals surface area contributed by atoms with E-state index in [9.17, 15) is 0 Å². The van der Waals surface area contributed by atoms with Crippen molar-refractivity contribution in [3.63, 3.8) is 0 Å². The maximum Gasteiger partial charge on any atom is 0.119 e. The average molecular weight is 278 g/mol. The van der Waals surface area contributed by atoms with E-state index in [-0.39, 0.29) is 5.54 Å². The first-order valence-corrected chi connectivity index (χ1v) is 7.46. The number of ether oxygens (including phenoxy) is 1. The molecule has 0 fully saturated rings. The fourth-order valence-corrected chi connectivity index (χ4v) is 2.75. The summed E-state index contributed by atoms with van der Waals surface area (Å²) in [5.74, 6) is 0.921. The summed E-state index contributed by atoms with van der Waals surface area (Å²) >= 11 is 0. The Morgan fingerprint density at radius 3 is 2.35 bits per heavy atom. The van der Waals surface area contributed by atoms with E-state index in [4.69, 9.17) is 4.74 Å². The van der Waals surface area contributed by atoms with Crippen LogP contribution < -0.4 is 10.1 Å². The topological polar surface area (TPSA) is 24.5 Å². The maximum atomic E-state index is 5.32. The third kappa shape index (κ3) is 3.33. The zero-order chi connectivity index (χ0) is 15.3. The second kappa shape index (κ2) is 7.09. The molecular weight excluding hydrogens is 248 g/mol. The summed E-state index contributed by atoms with van der Waals surface area (Å²) in [6.07, 6.45) is 1.09. The van der Waals surface area contributed by atoms with Gasteiger partial charge in [-0.05, 0) is 64.2 Å². The SMILES string of the molecule is CCNC(c1ccc(OC)cc1C)C(C)(CC)N(C)C. The van der Waals surface area contributed by atoms with E-state index in [1.54, 1.807) is 7.11 Å². The van der Waals surface area contributed by atoms with Crippen molar-refractivity contribution in [2.75, 3.05) is 27.7 Å². The van der Waals surface area contributed by atoms with Gasteiger partial charge < -0.3 is 15.0 Å². The van der Waals surface area contributed by atoms with Crippen LogP contribution in [-0.2, 0) is 0 Å². The van der Waals surface area contributed by atoms with Gasteiger partial charge in [-0.25, -0.2) is 0 Å². The van der Waals surface area contributed by atoms with Crippen molar-refractivity contribution in [1.29, 1.82) is 0 Å². The highest BCUT2D eigenvalue weighted by Gasteiger charge is 2.36. The Labute approximate surface area is 124 Å². The molecule has 0 aliphatic heterocycles. The van der Waals surface area contributed by atoms with Crippen molar-refractivity contribution in [1.82, 2.24) is 10.2 Å². The van der Waals surface area contributed by atoms with Gasteiger partial charge in [0.2, 0.25) is 0 Å². The van der Waals surface area contributed by atoms with Crippen molar-refractivity contribution >= 4 is 0 Å². The van der Waals surface area contributed by atoms with E-state index in [1.807, 2.05) is 0 Å². The predicted molar refractivity (Wildman–Crippen MR) is 86.5 cm³/mol. The van der Waals surface area contributed by atoms with Gasteiger partial charge in [0, 0.05) is 5.54 Å². The molecule has 2 atom stereocenters. The van der Waals surface area contributed by atoms with Crippen molar-refractivity contribution in [3.8, 4) is 5.75 Å². The van der Waals surface area contributed by atoms with Crippen LogP contribution in [0.5, 0.6) is 5.75 Å². The minimum Gasteiger partial charge on any atom is -0.497 e. The van der Waals surface area contributed by atoms with E-state index >= 15 is 0 Å². The Morgan fingerprint density at radius 2 is 1.95 bits per heavy atom. The standard InChI is InChI=1S/C17H30N2O/c1-8-17(4,19(5)6)16(18-9-2)15-11-10-14(20-7)12-13(15)3/h10-12,16,18H,8-9H2,1-7H3. The molecule has 1 aromatic carbocycles. The fourth-order valence-electron chi connectivity index (χ4n) is 2.75. The van der Waals surface area contributed by atoms with E-state index in [0.717, 1.165) is 18.7 Å². The molecule has 0 heterocycles. The van der Waals surface area contributed by atoms with Crippen LogP contribution in [0.3, 0.4) is 0 Å². The minimum absolute atomic E-state index is 0.0787. The Balaban J connectivity index is 3.26. The summed E-state index contributed by atoms with van der Waals surface area (Å²) < 4.78 is 5.32. The van der Waals surface area contributed by atoms with Gasteiger partial charge in [0.1, 0.15) is 5.75 Å². The van der Waals surface area contributed by atoms with Gasteiger partial charge >= 0.3 is 0 Å². The number of nitrogens with zero attached hydrogens (tertiary/aromatic N) is 1. The highest BCUT2D eigenvalue weighted by atomic mass is 16.5. The molecule has 0 saturated heterocycles. The number of hydrogen-bond acceptors (Lipinski definition) is 3. The summed E-state index contributed by atoms with van der Waals surface area (Å²) in [7, 11) is 6.03. The lowest BCUT2D eigenvalue weighted by Gasteiger charge is -2.44. The number of benzene rings is 1. The molecule has 0 bridgehead atoms. The highest BCUT2D eigenvalue weighted by Crippen LogP contribution is 2.35. The van der Waals surface area contributed by atoms with Gasteiger partial charge in [-0.2, -0.15) is 0 Å². The van der Waals surface area contributed by atoms with Gasteiger partial charge in [-0.1, -0.05) is 19.9 Å². The first-order valence-electron chi connectivity index (χ1n) is 7.46. The molecule has 0 aliphatic rings. The molecule has 0 saturated carbocycles. The molecule has 0 aromatic heterocycles. The van der Waals surface area contributed by atoms with Crippen LogP contribution in [0.25, 0.3) is 0 Å². The molecule has 0 radical (unpaired) electrons. The van der Waals surface area contributed by atoms with Crippen LogP contribution in [0.4, 0.5) is 0 Å². The van der Waals surface area contributed by atoms with Crippen molar-refractivity contribution in [2.24, 2.45) is 0 Å². The van der Waals surface area contributed by atoms with E-state index < -0.39 is 0 Å². The molecule has 114 valence electrons. The second-order valence-electron chi connectivity index (χ2n) is 5.82. The normalized spacial score (nSPS) is 16.0. The third-order valence-corrected chi connectivity index (χ3v) is 4.56. The lowest BCUT2D eigenvalue weighted by molar-refractivity contribution is 0.113. The van der Waals surface area contributed by atoms with Gasteiger partial charge in [0.15, 0.2) is 0 Å². The van der Waals surface area contributed by atoms with E-state index in [1.165, 1.54) is 11.1 Å². The van der Waals surface area contributed by atoms with E-state index in [2.05, 4.69) is 70.2 Å². The van der Waals surface area contributed by atoms with Gasteiger partial charge in [0.05, 0.1) is 13.2 Å². The second-order valence-corrected chi connectivity index (χ2v) is 5.82. The largest absolute Gasteiger partial charge is 0.497 e. The summed E-state index contributed by atoms with van der Waals surface area (Å²) in [6, 6.07) is 6.67. The predicted octanol–water partition coefficient (Wildman–Crippen LogP) is 3.38. The summed E-state index contributed by atoms with van der Waals surface area (Å²) in [4.78, 5) is 2.32. The van der Waals surface area contributed by atoms with Gasteiger partial charge in [-0.15, -0.1) is 0 Å². The van der Waals surface area contributed by atoms with Crippen LogP contribution in [0, 0.1) is 6.92 Å². The van der Waals surface area contributed by atoms with Crippen LogP contribution in [0.15, 0.2) is 18.2 Å². The molecule has 3 nitrogen and oxygen atoms in total. The maximum absolute atomic E-state index is 5.32. The van der Waals surface area contributed by atoms with E-state index in [0.29, 0.717) is 6.04 Å². The molecule has 1 rings (SSSR count). The summed E-state index contributed by atoms with van der Waals surface area (Å²) in [5, 5.41) is 3.67. The quantitative estimate of drug-likeness (QED) is 0.827. The minimum atomic E-state index is 0.0787. The molecule has 0 aliphatic carbocycles. The molecular formula is C17H30N2O. The highest BCUT2D eigenvalue weighted by molar-refractivity contribution is 5.38. The number of aryl methyl sites for hydroxylation is 1. The number of hydrogen-bond donors (Lipinski definition) is 1. The first kappa shape index (κ1) is 17.0. The number of likely N-dealkylation sites (N-methyl/N-ethyl adjacent to an activating group) is 2. The third-order valence-electron chi connectivity index (χ3n) is 4.56. The Bertz CT molecular complexity index is 431. The van der Waals surface area contributed by atoms with Crippen LogP contribution >= 0.6 is 0 Å². The smallest absolute Gasteiger partial charge is 0.119 e. The van der Waals surface area contributed by atoms with Crippen molar-refractivity contribution in [2.45, 2.75) is 45.7 Å². The first-order chi connectivity index (χ1) is 9.40. The van der Waals surface area contributed by atoms with Crippen LogP contribution in [0.1, 0.15) is 44.4 Å². The number of nitrogens with one attached hydrogen (secondary N) is 1. The zero-order valence-corrected chi connectivity index (χ0v) is 14.1. The number of rotatable bonds is 7. The average Bonchev–Trinajstić information content (AvgIpc) is 2.44. The van der Waals surface area contributed by atoms with Gasteiger partial charge in [0.25, 0.3) is 0 Å². The van der Waals surface area contributed by atoms with Crippen LogP contribution in [0.2, 0.25) is 0 Å². The molecule has 20 heavy (non-hydrogen) atoms. The zero-order valence-electron chi connectivity index (χ0n) is 14.1. The molecule has 0 spiro atoms. The fraction of sp³-hybridized carbons (Fsp3) is 0.647. The molecule has 2 unspecified atom stereocenters.